The van der Waals surface area contributed by atoms with Gasteiger partial charge >= 0.3 is 0 Å². The number of halogens is 1. The van der Waals surface area contributed by atoms with Crippen LogP contribution in [0.2, 0.25) is 0 Å². The summed E-state index contributed by atoms with van der Waals surface area (Å²) in [5.41, 5.74) is 8.41. The second-order valence-electron chi connectivity index (χ2n) is 8.53. The number of aromatic nitrogens is 4. The topological polar surface area (TPSA) is 88.1 Å². The Morgan fingerprint density at radius 1 is 0.879 bits per heavy atom. The predicted octanol–water partition coefficient (Wildman–Crippen LogP) is 3.80. The van der Waals surface area contributed by atoms with Crippen LogP contribution in [0.3, 0.4) is 0 Å². The molecule has 170 valence electrons. The van der Waals surface area contributed by atoms with Crippen LogP contribution in [-0.2, 0) is 29.2 Å². The fourth-order valence-electron chi connectivity index (χ4n) is 4.32. The van der Waals surface area contributed by atoms with E-state index in [1.807, 2.05) is 65.2 Å². The van der Waals surface area contributed by atoms with Gasteiger partial charge < -0.3 is 19.8 Å². The predicted molar refractivity (Wildman–Crippen MR) is 123 cm³/mol. The van der Waals surface area contributed by atoms with E-state index in [9.17, 15) is 0 Å². The summed E-state index contributed by atoms with van der Waals surface area (Å²) in [6, 6.07) is 19.8. The fourth-order valence-corrected chi connectivity index (χ4v) is 4.32. The van der Waals surface area contributed by atoms with Gasteiger partial charge in [0, 0.05) is 12.5 Å². The van der Waals surface area contributed by atoms with Crippen molar-refractivity contribution in [3.63, 3.8) is 0 Å². The van der Waals surface area contributed by atoms with Gasteiger partial charge in [0.15, 0.2) is 11.5 Å². The van der Waals surface area contributed by atoms with Gasteiger partial charge in [0.2, 0.25) is 0 Å². The van der Waals surface area contributed by atoms with Crippen LogP contribution in [0.1, 0.15) is 11.1 Å². The van der Waals surface area contributed by atoms with E-state index in [0.29, 0.717) is 36.7 Å². The average Bonchev–Trinajstić information content (AvgIpc) is 3.16. The van der Waals surface area contributed by atoms with Crippen LogP contribution < -0.4 is 5.73 Å². The smallest absolute Gasteiger partial charge is 0.165 e. The van der Waals surface area contributed by atoms with Gasteiger partial charge in [0.25, 0.3) is 0 Å². The lowest BCUT2D eigenvalue weighted by Crippen LogP contribution is -2.23. The molecule has 0 saturated heterocycles. The number of ether oxygens (including phenoxy) is 2. The summed E-state index contributed by atoms with van der Waals surface area (Å²) >= 11 is 0. The number of benzene rings is 2. The van der Waals surface area contributed by atoms with E-state index in [2.05, 4.69) is 15.0 Å². The summed E-state index contributed by atoms with van der Waals surface area (Å²) in [7, 11) is 0. The molecule has 2 N–H and O–H groups in total. The van der Waals surface area contributed by atoms with Crippen LogP contribution in [-0.4, -0.2) is 38.9 Å². The molecule has 5 rings (SSSR count). The molecule has 4 aromatic rings. The van der Waals surface area contributed by atoms with Crippen molar-refractivity contribution in [2.24, 2.45) is 11.3 Å². The maximum absolute atomic E-state index is 15.4. The van der Waals surface area contributed by atoms with Gasteiger partial charge in [-0.25, -0.2) is 19.3 Å². The Bertz CT molecular complexity index is 1160. The van der Waals surface area contributed by atoms with Crippen molar-refractivity contribution in [1.29, 1.82) is 0 Å². The zero-order chi connectivity index (χ0) is 22.7. The molecule has 8 heteroatoms. The first-order valence-electron chi connectivity index (χ1n) is 11.0. The Labute approximate surface area is 191 Å². The van der Waals surface area contributed by atoms with Crippen LogP contribution in [0, 0.1) is 11.3 Å². The Kier molecular flexibility index (Phi) is 6.02. The SMILES string of the molecule is Nc1ncnc2c1ncn2CC1[C@H](F)C1(COCc1ccccc1)COCc1ccccc1. The third-order valence-corrected chi connectivity index (χ3v) is 6.32. The molecule has 1 fully saturated rings. The molecule has 7 nitrogen and oxygen atoms in total. The summed E-state index contributed by atoms with van der Waals surface area (Å²) in [6.45, 7) is 1.81. The van der Waals surface area contributed by atoms with E-state index in [-0.39, 0.29) is 19.1 Å². The molecule has 0 bridgehead atoms. The fraction of sp³-hybridized carbons (Fsp3) is 0.320. The molecular weight excluding hydrogens is 421 g/mol. The van der Waals surface area contributed by atoms with Crippen LogP contribution in [0.25, 0.3) is 11.2 Å². The first-order chi connectivity index (χ1) is 16.2. The monoisotopic (exact) mass is 447 g/mol. The highest BCUT2D eigenvalue weighted by Crippen LogP contribution is 2.56. The minimum atomic E-state index is -1.05. The van der Waals surface area contributed by atoms with E-state index in [0.717, 1.165) is 11.1 Å². The van der Waals surface area contributed by atoms with Crippen molar-refractivity contribution in [2.75, 3.05) is 18.9 Å². The number of hydrogen-bond acceptors (Lipinski definition) is 6. The standard InChI is InChI=1S/C25H26FN5O2/c26-22-20(11-31-17-30-21-23(27)28-16-29-24(21)31)25(22,14-32-12-18-7-3-1-4-8-18)15-33-13-19-9-5-2-6-10-19/h1-10,16-17,20,22H,11-15H2,(H2,27,28,29)/t20?,22-/m0/s1. The normalized spacial score (nSPS) is 19.1. The van der Waals surface area contributed by atoms with Gasteiger partial charge in [-0.3, -0.25) is 0 Å². The Morgan fingerprint density at radius 3 is 2.09 bits per heavy atom. The second-order valence-corrected chi connectivity index (χ2v) is 8.53. The number of anilines is 1. The maximum atomic E-state index is 15.4. The van der Waals surface area contributed by atoms with Gasteiger partial charge in [-0.2, -0.15) is 0 Å². The number of rotatable bonds is 10. The highest BCUT2D eigenvalue weighted by Gasteiger charge is 2.66. The molecule has 2 heterocycles. The molecule has 1 unspecified atom stereocenters. The average molecular weight is 448 g/mol. The molecule has 1 saturated carbocycles. The van der Waals surface area contributed by atoms with Crippen molar-refractivity contribution >= 4 is 17.0 Å². The highest BCUT2D eigenvalue weighted by atomic mass is 19.1. The summed E-state index contributed by atoms with van der Waals surface area (Å²) in [5.74, 6) is 0.0348. The van der Waals surface area contributed by atoms with E-state index < -0.39 is 11.6 Å². The van der Waals surface area contributed by atoms with E-state index in [1.54, 1.807) is 6.33 Å². The summed E-state index contributed by atoms with van der Waals surface area (Å²) in [6.07, 6.45) is 1.98. The van der Waals surface area contributed by atoms with E-state index in [4.69, 9.17) is 15.2 Å². The van der Waals surface area contributed by atoms with Crippen molar-refractivity contribution in [2.45, 2.75) is 25.9 Å². The van der Waals surface area contributed by atoms with E-state index >= 15 is 4.39 Å². The molecule has 2 aromatic carbocycles. The summed E-state index contributed by atoms with van der Waals surface area (Å²) < 4.78 is 29.2. The third kappa shape index (κ3) is 4.44. The minimum Gasteiger partial charge on any atom is -0.382 e. The molecule has 33 heavy (non-hydrogen) atoms. The molecule has 0 spiro atoms. The third-order valence-electron chi connectivity index (χ3n) is 6.32. The largest absolute Gasteiger partial charge is 0.382 e. The summed E-state index contributed by atoms with van der Waals surface area (Å²) in [4.78, 5) is 12.6. The number of fused-ring (bicyclic) bond motifs is 1. The Hall–Kier alpha value is -3.36. The summed E-state index contributed by atoms with van der Waals surface area (Å²) in [5, 5.41) is 0. The first-order valence-corrected chi connectivity index (χ1v) is 11.0. The zero-order valence-electron chi connectivity index (χ0n) is 18.2. The van der Waals surface area contributed by atoms with Crippen LogP contribution in [0.5, 0.6) is 0 Å². The molecule has 0 aliphatic heterocycles. The van der Waals surface area contributed by atoms with Crippen molar-refractivity contribution < 1.29 is 13.9 Å². The van der Waals surface area contributed by atoms with Gasteiger partial charge in [-0.05, 0) is 11.1 Å². The van der Waals surface area contributed by atoms with Crippen molar-refractivity contribution in [3.8, 4) is 0 Å². The molecule has 1 aliphatic rings. The van der Waals surface area contributed by atoms with Crippen LogP contribution >= 0.6 is 0 Å². The molecule has 0 radical (unpaired) electrons. The van der Waals surface area contributed by atoms with Gasteiger partial charge in [0.1, 0.15) is 18.0 Å². The lowest BCUT2D eigenvalue weighted by atomic mass is 10.1. The molecule has 2 aromatic heterocycles. The van der Waals surface area contributed by atoms with Crippen LogP contribution in [0.4, 0.5) is 10.2 Å². The number of imidazole rings is 1. The Morgan fingerprint density at radius 2 is 1.48 bits per heavy atom. The lowest BCUT2D eigenvalue weighted by Gasteiger charge is -2.18. The quantitative estimate of drug-likeness (QED) is 0.398. The van der Waals surface area contributed by atoms with Gasteiger partial charge in [-0.1, -0.05) is 60.7 Å². The highest BCUT2D eigenvalue weighted by molar-refractivity contribution is 5.81. The van der Waals surface area contributed by atoms with Gasteiger partial charge in [0.05, 0.1) is 38.2 Å². The van der Waals surface area contributed by atoms with E-state index in [1.165, 1.54) is 6.33 Å². The maximum Gasteiger partial charge on any atom is 0.165 e. The number of nitrogen functional groups attached to an aromatic ring is 1. The van der Waals surface area contributed by atoms with Crippen molar-refractivity contribution in [1.82, 2.24) is 19.5 Å². The van der Waals surface area contributed by atoms with Crippen LogP contribution in [0.15, 0.2) is 73.3 Å². The van der Waals surface area contributed by atoms with Crippen molar-refractivity contribution in [3.05, 3.63) is 84.4 Å². The van der Waals surface area contributed by atoms with Gasteiger partial charge in [-0.15, -0.1) is 0 Å². The number of nitrogens with zero attached hydrogens (tertiary/aromatic N) is 4. The first kappa shape index (κ1) is 21.5. The molecule has 0 amide bonds. The number of hydrogen-bond donors (Lipinski definition) is 1. The zero-order valence-corrected chi connectivity index (χ0v) is 18.2. The molecule has 2 atom stereocenters. The number of alkyl halides is 1. The Balaban J connectivity index is 1.29. The molecular formula is C25H26FN5O2. The minimum absolute atomic E-state index is 0.270. The number of nitrogens with two attached hydrogens (primary N) is 1. The lowest BCUT2D eigenvalue weighted by molar-refractivity contribution is 0.00000223. The second kappa shape index (κ2) is 9.25. The molecule has 1 aliphatic carbocycles.